The lowest BCUT2D eigenvalue weighted by Gasteiger charge is -2.19. The lowest BCUT2D eigenvalue weighted by atomic mass is 10.3. The molecule has 27 heavy (non-hydrogen) atoms. The monoisotopic (exact) mass is 428 g/mol. The fourth-order valence-electron chi connectivity index (χ4n) is 2.37. The van der Waals surface area contributed by atoms with Crippen LogP contribution in [-0.2, 0) is 16.1 Å². The van der Waals surface area contributed by atoms with E-state index in [1.165, 1.54) is 17.2 Å². The summed E-state index contributed by atoms with van der Waals surface area (Å²) >= 11 is 3.21. The zero-order chi connectivity index (χ0) is 19.1. The third-order valence-corrected chi connectivity index (χ3v) is 4.04. The molecular weight excluding hydrogens is 412 g/mol. The lowest BCUT2D eigenvalue weighted by molar-refractivity contribution is -0.131. The topological polar surface area (TPSA) is 75.7 Å². The molecule has 138 valence electrons. The van der Waals surface area contributed by atoms with Crippen molar-refractivity contribution in [3.63, 3.8) is 0 Å². The van der Waals surface area contributed by atoms with E-state index in [9.17, 15) is 9.59 Å². The molecule has 0 unspecified atom stereocenters. The van der Waals surface area contributed by atoms with Crippen LogP contribution in [0.25, 0.3) is 6.08 Å². The second-order valence-corrected chi connectivity index (χ2v) is 6.44. The van der Waals surface area contributed by atoms with Crippen molar-refractivity contribution in [2.24, 2.45) is 0 Å². The Kier molecular flexibility index (Phi) is 6.27. The number of rotatable bonds is 7. The van der Waals surface area contributed by atoms with Gasteiger partial charge in [0.2, 0.25) is 11.8 Å². The van der Waals surface area contributed by atoms with E-state index in [4.69, 9.17) is 8.83 Å². The van der Waals surface area contributed by atoms with E-state index in [0.717, 1.165) is 0 Å². The second-order valence-electron chi connectivity index (χ2n) is 5.66. The maximum atomic E-state index is 12.6. The SMILES string of the molecule is O=C(CN(Cc1ccco1)C(=O)/C=C/c1ccc(Br)o1)Nc1ccccc1. The summed E-state index contributed by atoms with van der Waals surface area (Å²) in [5.41, 5.74) is 0.670. The number of benzene rings is 1. The highest BCUT2D eigenvalue weighted by Gasteiger charge is 2.17. The van der Waals surface area contributed by atoms with E-state index in [1.807, 2.05) is 18.2 Å². The third kappa shape index (κ3) is 5.72. The van der Waals surface area contributed by atoms with E-state index in [0.29, 0.717) is 21.9 Å². The van der Waals surface area contributed by atoms with Gasteiger partial charge in [0.15, 0.2) is 4.67 Å². The van der Waals surface area contributed by atoms with E-state index in [1.54, 1.807) is 42.5 Å². The Morgan fingerprint density at radius 2 is 1.89 bits per heavy atom. The molecule has 2 amide bonds. The van der Waals surface area contributed by atoms with Crippen LogP contribution in [0.15, 0.2) is 80.4 Å². The number of halogens is 1. The van der Waals surface area contributed by atoms with Crippen molar-refractivity contribution in [3.05, 3.63) is 83.1 Å². The molecule has 2 aromatic heterocycles. The summed E-state index contributed by atoms with van der Waals surface area (Å²) < 4.78 is 11.2. The molecular formula is C20H17BrN2O4. The number of hydrogen-bond acceptors (Lipinski definition) is 4. The van der Waals surface area contributed by atoms with Crippen LogP contribution in [-0.4, -0.2) is 23.3 Å². The fraction of sp³-hybridized carbons (Fsp3) is 0.100. The molecule has 0 spiro atoms. The van der Waals surface area contributed by atoms with Gasteiger partial charge in [0.05, 0.1) is 12.8 Å². The molecule has 0 saturated carbocycles. The number of hydrogen-bond donors (Lipinski definition) is 1. The normalized spacial score (nSPS) is 10.9. The molecule has 3 aromatic rings. The van der Waals surface area contributed by atoms with E-state index in [-0.39, 0.29) is 24.9 Å². The van der Waals surface area contributed by atoms with Gasteiger partial charge < -0.3 is 19.1 Å². The summed E-state index contributed by atoms with van der Waals surface area (Å²) in [4.78, 5) is 26.3. The first-order valence-corrected chi connectivity index (χ1v) is 8.99. The average molecular weight is 429 g/mol. The molecule has 6 nitrogen and oxygen atoms in total. The Labute approximate surface area is 164 Å². The maximum absolute atomic E-state index is 12.6. The lowest BCUT2D eigenvalue weighted by Crippen LogP contribution is -2.36. The van der Waals surface area contributed by atoms with Gasteiger partial charge in [-0.1, -0.05) is 18.2 Å². The van der Waals surface area contributed by atoms with E-state index >= 15 is 0 Å². The maximum Gasteiger partial charge on any atom is 0.247 e. The zero-order valence-electron chi connectivity index (χ0n) is 14.3. The van der Waals surface area contributed by atoms with Crippen LogP contribution < -0.4 is 5.32 Å². The highest BCUT2D eigenvalue weighted by molar-refractivity contribution is 9.10. The molecule has 3 rings (SSSR count). The summed E-state index contributed by atoms with van der Waals surface area (Å²) in [6.07, 6.45) is 4.44. The van der Waals surface area contributed by atoms with E-state index in [2.05, 4.69) is 21.2 Å². The third-order valence-electron chi connectivity index (χ3n) is 3.61. The largest absolute Gasteiger partial charge is 0.467 e. The molecule has 0 aliphatic carbocycles. The summed E-state index contributed by atoms with van der Waals surface area (Å²) in [7, 11) is 0. The number of carbonyl (C=O) groups is 2. The smallest absolute Gasteiger partial charge is 0.247 e. The Morgan fingerprint density at radius 1 is 1.07 bits per heavy atom. The summed E-state index contributed by atoms with van der Waals surface area (Å²) in [5, 5.41) is 2.77. The van der Waals surface area contributed by atoms with Gasteiger partial charge in [-0.3, -0.25) is 9.59 Å². The Bertz CT molecular complexity index is 917. The second kappa shape index (κ2) is 9.05. The highest BCUT2D eigenvalue weighted by atomic mass is 79.9. The number of para-hydroxylation sites is 1. The number of anilines is 1. The van der Waals surface area contributed by atoms with Crippen LogP contribution in [0.5, 0.6) is 0 Å². The average Bonchev–Trinajstić information content (AvgIpc) is 3.31. The predicted octanol–water partition coefficient (Wildman–Crippen LogP) is 4.32. The van der Waals surface area contributed by atoms with Crippen LogP contribution in [0, 0.1) is 0 Å². The van der Waals surface area contributed by atoms with Crippen molar-refractivity contribution in [1.82, 2.24) is 4.90 Å². The number of carbonyl (C=O) groups excluding carboxylic acids is 2. The van der Waals surface area contributed by atoms with Crippen LogP contribution in [0.2, 0.25) is 0 Å². The van der Waals surface area contributed by atoms with Gasteiger partial charge in [0.25, 0.3) is 0 Å². The van der Waals surface area contributed by atoms with Crippen LogP contribution in [0.1, 0.15) is 11.5 Å². The Morgan fingerprint density at radius 3 is 2.56 bits per heavy atom. The minimum Gasteiger partial charge on any atom is -0.467 e. The van der Waals surface area contributed by atoms with Crippen molar-refractivity contribution in [2.75, 3.05) is 11.9 Å². The number of nitrogens with one attached hydrogen (secondary N) is 1. The summed E-state index contributed by atoms with van der Waals surface area (Å²) in [6.45, 7) is 0.0703. The first-order valence-electron chi connectivity index (χ1n) is 8.20. The first-order chi connectivity index (χ1) is 13.1. The molecule has 0 bridgehead atoms. The molecule has 0 aliphatic rings. The van der Waals surface area contributed by atoms with Gasteiger partial charge in [0.1, 0.15) is 18.1 Å². The van der Waals surface area contributed by atoms with Gasteiger partial charge >= 0.3 is 0 Å². The Balaban J connectivity index is 1.68. The van der Waals surface area contributed by atoms with Gasteiger partial charge in [-0.15, -0.1) is 0 Å². The van der Waals surface area contributed by atoms with Gasteiger partial charge in [-0.05, 0) is 58.4 Å². The standard InChI is InChI=1S/C20H17BrN2O4/c21-18-10-8-16(27-18)9-11-20(25)23(13-17-7-4-12-26-17)14-19(24)22-15-5-2-1-3-6-15/h1-12H,13-14H2,(H,22,24)/b11-9+. The number of furan rings is 2. The van der Waals surface area contributed by atoms with Gasteiger partial charge in [-0.2, -0.15) is 0 Å². The fourth-order valence-corrected chi connectivity index (χ4v) is 2.69. The molecule has 1 N–H and O–H groups in total. The summed E-state index contributed by atoms with van der Waals surface area (Å²) in [5.74, 6) is 0.490. The zero-order valence-corrected chi connectivity index (χ0v) is 15.9. The molecule has 0 atom stereocenters. The molecule has 1 aromatic carbocycles. The number of amides is 2. The Hall–Kier alpha value is -3.06. The molecule has 0 aliphatic heterocycles. The predicted molar refractivity (Wildman–Crippen MR) is 105 cm³/mol. The molecule has 7 heteroatoms. The highest BCUT2D eigenvalue weighted by Crippen LogP contribution is 2.15. The molecule has 2 heterocycles. The van der Waals surface area contributed by atoms with Crippen LogP contribution >= 0.6 is 15.9 Å². The van der Waals surface area contributed by atoms with Crippen molar-refractivity contribution < 1.29 is 18.4 Å². The minimum absolute atomic E-state index is 0.110. The van der Waals surface area contributed by atoms with Crippen molar-refractivity contribution in [2.45, 2.75) is 6.54 Å². The van der Waals surface area contributed by atoms with Gasteiger partial charge in [-0.25, -0.2) is 0 Å². The van der Waals surface area contributed by atoms with E-state index < -0.39 is 0 Å². The molecule has 0 fully saturated rings. The first kappa shape index (κ1) is 18.7. The van der Waals surface area contributed by atoms with Crippen LogP contribution in [0.3, 0.4) is 0 Å². The van der Waals surface area contributed by atoms with Crippen molar-refractivity contribution >= 4 is 39.5 Å². The van der Waals surface area contributed by atoms with Crippen molar-refractivity contribution in [3.8, 4) is 0 Å². The van der Waals surface area contributed by atoms with Gasteiger partial charge in [0, 0.05) is 11.8 Å². The summed E-state index contributed by atoms with van der Waals surface area (Å²) in [6, 6.07) is 16.0. The molecule has 0 radical (unpaired) electrons. The van der Waals surface area contributed by atoms with Crippen molar-refractivity contribution in [1.29, 1.82) is 0 Å². The minimum atomic E-state index is -0.331. The number of nitrogens with zero attached hydrogens (tertiary/aromatic N) is 1. The quantitative estimate of drug-likeness (QED) is 0.568. The molecule has 0 saturated heterocycles. The van der Waals surface area contributed by atoms with Crippen LogP contribution in [0.4, 0.5) is 5.69 Å².